The van der Waals surface area contributed by atoms with Gasteiger partial charge in [-0.25, -0.2) is 4.98 Å². The van der Waals surface area contributed by atoms with E-state index in [1.165, 1.54) is 11.3 Å². The number of ether oxygens (including phenoxy) is 1. The Labute approximate surface area is 141 Å². The number of aromatic nitrogens is 1. The Balaban J connectivity index is 1.93. The summed E-state index contributed by atoms with van der Waals surface area (Å²) in [6, 6.07) is 8.13. The molecule has 0 atom stereocenters. The van der Waals surface area contributed by atoms with Crippen LogP contribution in [0.5, 0.6) is 5.75 Å². The van der Waals surface area contributed by atoms with Gasteiger partial charge in [0.05, 0.1) is 12.8 Å². The summed E-state index contributed by atoms with van der Waals surface area (Å²) in [5, 5.41) is 6.97. The van der Waals surface area contributed by atoms with E-state index in [9.17, 15) is 4.79 Å². The lowest BCUT2D eigenvalue weighted by molar-refractivity contribution is 0.0957. The van der Waals surface area contributed by atoms with Crippen LogP contribution in [0.2, 0.25) is 0 Å². The van der Waals surface area contributed by atoms with Crippen molar-refractivity contribution < 1.29 is 9.53 Å². The molecule has 0 aliphatic rings. The quantitative estimate of drug-likeness (QED) is 0.816. The lowest BCUT2D eigenvalue weighted by atomic mass is 10.1. The minimum Gasteiger partial charge on any atom is -0.496 e. The molecule has 23 heavy (non-hydrogen) atoms. The maximum absolute atomic E-state index is 12.3. The number of carbonyl (C=O) groups is 1. The zero-order valence-electron chi connectivity index (χ0n) is 14.0. The molecule has 1 heterocycles. The second-order valence-corrected chi connectivity index (χ2v) is 6.55. The van der Waals surface area contributed by atoms with Crippen LogP contribution in [0.3, 0.4) is 0 Å². The van der Waals surface area contributed by atoms with E-state index in [4.69, 9.17) is 4.74 Å². The standard InChI is InChI=1S/C17H23N3O2S/c1-11(2)19-17-20-12(3)15(23-17)16(21)18-10-9-13-7-5-6-8-14(13)22-4/h5-8,11H,9-10H2,1-4H3,(H,18,21)(H,19,20). The van der Waals surface area contributed by atoms with Crippen molar-refractivity contribution >= 4 is 22.4 Å². The van der Waals surface area contributed by atoms with Crippen LogP contribution in [0.25, 0.3) is 0 Å². The summed E-state index contributed by atoms with van der Waals surface area (Å²) in [5.74, 6) is 0.769. The molecule has 0 saturated heterocycles. The molecule has 1 aromatic carbocycles. The normalized spacial score (nSPS) is 10.7. The summed E-state index contributed by atoms with van der Waals surface area (Å²) in [4.78, 5) is 17.4. The Hall–Kier alpha value is -2.08. The topological polar surface area (TPSA) is 63.2 Å². The third-order valence-electron chi connectivity index (χ3n) is 3.29. The van der Waals surface area contributed by atoms with E-state index in [1.807, 2.05) is 45.0 Å². The molecule has 2 aromatic rings. The number of benzene rings is 1. The highest BCUT2D eigenvalue weighted by Gasteiger charge is 2.15. The summed E-state index contributed by atoms with van der Waals surface area (Å²) in [6.45, 7) is 6.51. The first-order chi connectivity index (χ1) is 11.0. The van der Waals surface area contributed by atoms with Gasteiger partial charge in [-0.05, 0) is 38.8 Å². The van der Waals surface area contributed by atoms with Crippen LogP contribution in [0, 0.1) is 6.92 Å². The van der Waals surface area contributed by atoms with Gasteiger partial charge in [0.25, 0.3) is 5.91 Å². The summed E-state index contributed by atoms with van der Waals surface area (Å²) in [7, 11) is 1.65. The third kappa shape index (κ3) is 4.69. The molecular formula is C17H23N3O2S. The van der Waals surface area contributed by atoms with E-state index in [0.29, 0.717) is 17.5 Å². The van der Waals surface area contributed by atoms with Crippen molar-refractivity contribution in [2.24, 2.45) is 0 Å². The van der Waals surface area contributed by atoms with Gasteiger partial charge in [0.2, 0.25) is 0 Å². The Morgan fingerprint density at radius 3 is 2.78 bits per heavy atom. The largest absolute Gasteiger partial charge is 0.496 e. The molecular weight excluding hydrogens is 310 g/mol. The summed E-state index contributed by atoms with van der Waals surface area (Å²) < 4.78 is 5.32. The molecule has 2 rings (SSSR count). The number of nitrogens with one attached hydrogen (secondary N) is 2. The molecule has 1 aromatic heterocycles. The van der Waals surface area contributed by atoms with E-state index in [-0.39, 0.29) is 5.91 Å². The first-order valence-electron chi connectivity index (χ1n) is 7.65. The Bertz CT molecular complexity index is 668. The van der Waals surface area contributed by atoms with Crippen LogP contribution in [0.4, 0.5) is 5.13 Å². The van der Waals surface area contributed by atoms with Crippen LogP contribution in [-0.2, 0) is 6.42 Å². The number of hydrogen-bond acceptors (Lipinski definition) is 5. The van der Waals surface area contributed by atoms with Crippen molar-refractivity contribution in [3.8, 4) is 5.75 Å². The van der Waals surface area contributed by atoms with Gasteiger partial charge in [-0.3, -0.25) is 4.79 Å². The fraction of sp³-hybridized carbons (Fsp3) is 0.412. The van der Waals surface area contributed by atoms with Crippen LogP contribution in [0.15, 0.2) is 24.3 Å². The summed E-state index contributed by atoms with van der Waals surface area (Å²) in [6.07, 6.45) is 0.727. The maximum atomic E-state index is 12.3. The van der Waals surface area contributed by atoms with E-state index in [0.717, 1.165) is 28.6 Å². The number of thiazole rings is 1. The molecule has 0 spiro atoms. The number of carbonyl (C=O) groups excluding carboxylic acids is 1. The van der Waals surface area contributed by atoms with Gasteiger partial charge in [0.15, 0.2) is 5.13 Å². The van der Waals surface area contributed by atoms with Crippen molar-refractivity contribution in [3.63, 3.8) is 0 Å². The van der Waals surface area contributed by atoms with Gasteiger partial charge in [-0.2, -0.15) is 0 Å². The summed E-state index contributed by atoms with van der Waals surface area (Å²) in [5.41, 5.74) is 1.84. The molecule has 124 valence electrons. The molecule has 6 heteroatoms. The zero-order chi connectivity index (χ0) is 16.8. The first kappa shape index (κ1) is 17.3. The highest BCUT2D eigenvalue weighted by molar-refractivity contribution is 7.17. The predicted octanol–water partition coefficient (Wildman–Crippen LogP) is 3.25. The molecule has 0 saturated carbocycles. The second kappa shape index (κ2) is 7.97. The van der Waals surface area contributed by atoms with E-state index < -0.39 is 0 Å². The van der Waals surface area contributed by atoms with Crippen LogP contribution >= 0.6 is 11.3 Å². The van der Waals surface area contributed by atoms with E-state index in [1.54, 1.807) is 7.11 Å². The Kier molecular flexibility index (Phi) is 5.98. The highest BCUT2D eigenvalue weighted by Crippen LogP contribution is 2.23. The lowest BCUT2D eigenvalue weighted by Crippen LogP contribution is -2.25. The van der Waals surface area contributed by atoms with Gasteiger partial charge < -0.3 is 15.4 Å². The van der Waals surface area contributed by atoms with Crippen molar-refractivity contribution in [1.82, 2.24) is 10.3 Å². The lowest BCUT2D eigenvalue weighted by Gasteiger charge is -2.08. The highest BCUT2D eigenvalue weighted by atomic mass is 32.1. The molecule has 0 fully saturated rings. The van der Waals surface area contributed by atoms with Gasteiger partial charge in [-0.1, -0.05) is 29.5 Å². The van der Waals surface area contributed by atoms with Crippen LogP contribution in [-0.4, -0.2) is 30.6 Å². The fourth-order valence-electron chi connectivity index (χ4n) is 2.22. The molecule has 1 amide bonds. The molecule has 2 N–H and O–H groups in total. The molecule has 0 bridgehead atoms. The molecule has 5 nitrogen and oxygen atoms in total. The second-order valence-electron chi connectivity index (χ2n) is 5.55. The monoisotopic (exact) mass is 333 g/mol. The van der Waals surface area contributed by atoms with Gasteiger partial charge in [0, 0.05) is 12.6 Å². The minimum absolute atomic E-state index is 0.0771. The average Bonchev–Trinajstić information content (AvgIpc) is 2.87. The fourth-order valence-corrected chi connectivity index (χ4v) is 3.25. The SMILES string of the molecule is COc1ccccc1CCNC(=O)c1sc(NC(C)C)nc1C. The predicted molar refractivity (Wildman–Crippen MR) is 94.6 cm³/mol. The molecule has 0 aliphatic heterocycles. The Morgan fingerprint density at radius 2 is 2.09 bits per heavy atom. The minimum atomic E-state index is -0.0771. The van der Waals surface area contributed by atoms with Gasteiger partial charge in [0.1, 0.15) is 10.6 Å². The van der Waals surface area contributed by atoms with Gasteiger partial charge in [-0.15, -0.1) is 0 Å². The van der Waals surface area contributed by atoms with E-state index >= 15 is 0 Å². The number of para-hydroxylation sites is 1. The number of rotatable bonds is 7. The maximum Gasteiger partial charge on any atom is 0.263 e. The zero-order valence-corrected chi connectivity index (χ0v) is 14.8. The van der Waals surface area contributed by atoms with Crippen molar-refractivity contribution in [1.29, 1.82) is 0 Å². The molecule has 0 radical (unpaired) electrons. The number of hydrogen-bond donors (Lipinski definition) is 2. The van der Waals surface area contributed by atoms with Crippen LogP contribution < -0.4 is 15.4 Å². The van der Waals surface area contributed by atoms with Crippen molar-refractivity contribution in [2.75, 3.05) is 19.0 Å². The number of aryl methyl sites for hydroxylation is 1. The number of anilines is 1. The average molecular weight is 333 g/mol. The number of methoxy groups -OCH3 is 1. The number of nitrogens with zero attached hydrogens (tertiary/aromatic N) is 1. The Morgan fingerprint density at radius 1 is 1.35 bits per heavy atom. The van der Waals surface area contributed by atoms with Crippen molar-refractivity contribution in [3.05, 3.63) is 40.4 Å². The smallest absolute Gasteiger partial charge is 0.263 e. The van der Waals surface area contributed by atoms with E-state index in [2.05, 4.69) is 15.6 Å². The molecule has 0 aliphatic carbocycles. The molecule has 0 unspecified atom stereocenters. The summed E-state index contributed by atoms with van der Waals surface area (Å²) >= 11 is 1.39. The first-order valence-corrected chi connectivity index (χ1v) is 8.47. The third-order valence-corrected chi connectivity index (χ3v) is 4.37. The van der Waals surface area contributed by atoms with Crippen LogP contribution in [0.1, 0.15) is 34.8 Å². The van der Waals surface area contributed by atoms with Gasteiger partial charge >= 0.3 is 0 Å². The van der Waals surface area contributed by atoms with Crippen molar-refractivity contribution in [2.45, 2.75) is 33.2 Å². The number of amides is 1.